The van der Waals surface area contributed by atoms with Gasteiger partial charge in [0.15, 0.2) is 5.13 Å². The van der Waals surface area contributed by atoms with E-state index < -0.39 is 10.0 Å². The predicted octanol–water partition coefficient (Wildman–Crippen LogP) is 3.16. The fourth-order valence-corrected chi connectivity index (χ4v) is 4.92. The minimum atomic E-state index is -3.71. The molecule has 0 atom stereocenters. The average Bonchev–Trinajstić information content (AvgIpc) is 2.97. The largest absolute Gasteiger partial charge is 0.379 e. The number of thiazole rings is 1. The molecule has 6 nitrogen and oxygen atoms in total. The van der Waals surface area contributed by atoms with E-state index in [0.29, 0.717) is 22.3 Å². The second-order valence-corrected chi connectivity index (χ2v) is 8.42. The van der Waals surface area contributed by atoms with E-state index in [0.717, 1.165) is 32.0 Å². The Kier molecular flexibility index (Phi) is 7.07. The molecule has 2 heterocycles. The number of benzene rings is 1. The van der Waals surface area contributed by atoms with Gasteiger partial charge in [-0.1, -0.05) is 17.7 Å². The third-order valence-corrected chi connectivity index (χ3v) is 6.60. The second kappa shape index (κ2) is 8.66. The first-order valence-electron chi connectivity index (χ1n) is 7.48. The van der Waals surface area contributed by atoms with Gasteiger partial charge in [0.25, 0.3) is 10.0 Å². The number of nitrogens with zero attached hydrogens (tertiary/aromatic N) is 2. The number of anilines is 1. The fraction of sp³-hybridized carbons (Fsp3) is 0.400. The molecule has 1 aromatic carbocycles. The molecule has 0 aliphatic carbocycles. The van der Waals surface area contributed by atoms with Crippen molar-refractivity contribution in [3.05, 3.63) is 39.9 Å². The summed E-state index contributed by atoms with van der Waals surface area (Å²) in [4.78, 5) is 6.78. The van der Waals surface area contributed by atoms with E-state index in [9.17, 15) is 8.42 Å². The Bertz CT molecular complexity index is 821. The summed E-state index contributed by atoms with van der Waals surface area (Å²) in [6, 6.07) is 4.82. The van der Waals surface area contributed by atoms with Crippen LogP contribution in [-0.2, 0) is 21.3 Å². The van der Waals surface area contributed by atoms with Gasteiger partial charge < -0.3 is 4.74 Å². The SMILES string of the molecule is Cc1c(Cl)cccc1S(=O)(=O)Nc1nc(CN2CCOCC2)cs1.Cl. The van der Waals surface area contributed by atoms with E-state index in [1.165, 1.54) is 17.4 Å². The summed E-state index contributed by atoms with van der Waals surface area (Å²) in [6.45, 7) is 5.54. The minimum absolute atomic E-state index is 0. The van der Waals surface area contributed by atoms with Crippen LogP contribution in [0.4, 0.5) is 5.13 Å². The molecule has 0 bridgehead atoms. The highest BCUT2D eigenvalue weighted by Gasteiger charge is 2.20. The van der Waals surface area contributed by atoms with Gasteiger partial charge in [-0.25, -0.2) is 13.4 Å². The van der Waals surface area contributed by atoms with Crippen molar-refractivity contribution in [2.45, 2.75) is 18.4 Å². The molecule has 1 fully saturated rings. The molecule has 0 amide bonds. The van der Waals surface area contributed by atoms with Crippen molar-refractivity contribution in [1.29, 1.82) is 0 Å². The lowest BCUT2D eigenvalue weighted by Gasteiger charge is -2.25. The van der Waals surface area contributed by atoms with E-state index >= 15 is 0 Å². The zero-order chi connectivity index (χ0) is 17.2. The Hall–Kier alpha value is -0.900. The van der Waals surface area contributed by atoms with Gasteiger partial charge in [-0.2, -0.15) is 0 Å². The maximum Gasteiger partial charge on any atom is 0.263 e. The maximum atomic E-state index is 12.5. The van der Waals surface area contributed by atoms with Crippen LogP contribution < -0.4 is 4.72 Å². The van der Waals surface area contributed by atoms with Gasteiger partial charge in [-0.15, -0.1) is 23.7 Å². The van der Waals surface area contributed by atoms with Crippen LogP contribution in [0.2, 0.25) is 5.02 Å². The fourth-order valence-electron chi connectivity index (χ4n) is 2.46. The van der Waals surface area contributed by atoms with Crippen molar-refractivity contribution >= 4 is 50.5 Å². The Morgan fingerprint density at radius 3 is 2.80 bits per heavy atom. The van der Waals surface area contributed by atoms with Crippen LogP contribution in [0.3, 0.4) is 0 Å². The molecule has 1 saturated heterocycles. The van der Waals surface area contributed by atoms with Gasteiger partial charge in [0.1, 0.15) is 0 Å². The third kappa shape index (κ3) is 5.06. The number of hydrogen-bond acceptors (Lipinski definition) is 6. The Morgan fingerprint density at radius 1 is 1.36 bits per heavy atom. The number of aromatic nitrogens is 1. The van der Waals surface area contributed by atoms with Crippen LogP contribution in [0.15, 0.2) is 28.5 Å². The van der Waals surface area contributed by atoms with Crippen LogP contribution in [0.1, 0.15) is 11.3 Å². The van der Waals surface area contributed by atoms with E-state index in [1.54, 1.807) is 19.1 Å². The number of nitrogens with one attached hydrogen (secondary N) is 1. The molecule has 10 heteroatoms. The summed E-state index contributed by atoms with van der Waals surface area (Å²) < 4.78 is 32.9. The lowest BCUT2D eigenvalue weighted by atomic mass is 10.2. The first-order chi connectivity index (χ1) is 11.5. The number of halogens is 2. The summed E-state index contributed by atoms with van der Waals surface area (Å²) in [5.41, 5.74) is 1.37. The number of morpholine rings is 1. The zero-order valence-corrected chi connectivity index (χ0v) is 16.8. The molecule has 25 heavy (non-hydrogen) atoms. The molecule has 1 aliphatic rings. The number of sulfonamides is 1. The summed E-state index contributed by atoms with van der Waals surface area (Å²) >= 11 is 7.29. The highest BCUT2D eigenvalue weighted by atomic mass is 35.5. The lowest BCUT2D eigenvalue weighted by molar-refractivity contribution is 0.0337. The monoisotopic (exact) mass is 423 g/mol. The van der Waals surface area contributed by atoms with E-state index in [1.807, 2.05) is 5.38 Å². The molecule has 2 aromatic rings. The standard InChI is InChI=1S/C15H18ClN3O3S2.ClH/c1-11-13(16)3-2-4-14(11)24(20,21)18-15-17-12(10-23-15)9-19-5-7-22-8-6-19;/h2-4,10H,5-9H2,1H3,(H,17,18);1H. The molecule has 0 saturated carbocycles. The van der Waals surface area contributed by atoms with E-state index in [-0.39, 0.29) is 17.3 Å². The van der Waals surface area contributed by atoms with Gasteiger partial charge in [0.05, 0.1) is 23.8 Å². The molecule has 1 aromatic heterocycles. The normalized spacial score (nSPS) is 15.6. The zero-order valence-electron chi connectivity index (χ0n) is 13.6. The van der Waals surface area contributed by atoms with Gasteiger partial charge in [0.2, 0.25) is 0 Å². The molecule has 0 spiro atoms. The molecule has 1 aliphatic heterocycles. The molecule has 138 valence electrons. The van der Waals surface area contributed by atoms with Gasteiger partial charge in [-0.05, 0) is 24.6 Å². The van der Waals surface area contributed by atoms with Gasteiger partial charge >= 0.3 is 0 Å². The lowest BCUT2D eigenvalue weighted by Crippen LogP contribution is -2.35. The molecule has 0 radical (unpaired) electrons. The van der Waals surface area contributed by atoms with Crippen LogP contribution in [0.25, 0.3) is 0 Å². The average molecular weight is 424 g/mol. The summed E-state index contributed by atoms with van der Waals surface area (Å²) in [7, 11) is -3.71. The van der Waals surface area contributed by atoms with E-state index in [4.69, 9.17) is 16.3 Å². The molecule has 1 N–H and O–H groups in total. The van der Waals surface area contributed by atoms with Crippen molar-refractivity contribution in [2.24, 2.45) is 0 Å². The minimum Gasteiger partial charge on any atom is -0.379 e. The first-order valence-corrected chi connectivity index (χ1v) is 10.2. The number of rotatable bonds is 5. The molecule has 0 unspecified atom stereocenters. The van der Waals surface area contributed by atoms with Crippen molar-refractivity contribution < 1.29 is 13.2 Å². The van der Waals surface area contributed by atoms with Crippen LogP contribution in [0, 0.1) is 6.92 Å². The van der Waals surface area contributed by atoms with Crippen molar-refractivity contribution in [3.8, 4) is 0 Å². The Morgan fingerprint density at radius 2 is 2.08 bits per heavy atom. The quantitative estimate of drug-likeness (QED) is 0.799. The second-order valence-electron chi connectivity index (χ2n) is 5.50. The molecular formula is C15H19Cl2N3O3S2. The van der Waals surface area contributed by atoms with Crippen LogP contribution >= 0.6 is 35.3 Å². The van der Waals surface area contributed by atoms with Gasteiger partial charge in [0, 0.05) is 30.0 Å². The molecular weight excluding hydrogens is 405 g/mol. The third-order valence-electron chi connectivity index (χ3n) is 3.77. The van der Waals surface area contributed by atoms with Crippen LogP contribution in [-0.4, -0.2) is 44.6 Å². The smallest absolute Gasteiger partial charge is 0.263 e. The topological polar surface area (TPSA) is 71.5 Å². The van der Waals surface area contributed by atoms with Gasteiger partial charge in [-0.3, -0.25) is 9.62 Å². The van der Waals surface area contributed by atoms with Crippen molar-refractivity contribution in [1.82, 2.24) is 9.88 Å². The van der Waals surface area contributed by atoms with Crippen molar-refractivity contribution in [3.63, 3.8) is 0 Å². The summed E-state index contributed by atoms with van der Waals surface area (Å²) in [6.07, 6.45) is 0. The summed E-state index contributed by atoms with van der Waals surface area (Å²) in [5.74, 6) is 0. The predicted molar refractivity (Wildman–Crippen MR) is 102 cm³/mol. The van der Waals surface area contributed by atoms with Crippen molar-refractivity contribution in [2.75, 3.05) is 31.0 Å². The molecule has 3 rings (SSSR count). The number of ether oxygens (including phenoxy) is 1. The number of hydrogen-bond donors (Lipinski definition) is 1. The van der Waals surface area contributed by atoms with Crippen LogP contribution in [0.5, 0.6) is 0 Å². The highest BCUT2D eigenvalue weighted by Crippen LogP contribution is 2.26. The maximum absolute atomic E-state index is 12.5. The Balaban J connectivity index is 0.00000225. The first kappa shape index (κ1) is 20.4. The highest BCUT2D eigenvalue weighted by molar-refractivity contribution is 7.93. The van der Waals surface area contributed by atoms with E-state index in [2.05, 4.69) is 14.6 Å². The Labute approximate surface area is 162 Å². The summed E-state index contributed by atoms with van der Waals surface area (Å²) in [5, 5.41) is 2.65.